The minimum absolute atomic E-state index is 0.229. The van der Waals surface area contributed by atoms with Crippen molar-refractivity contribution < 1.29 is 19.1 Å². The quantitative estimate of drug-likeness (QED) is 0.526. The average molecular weight is 287 g/mol. The number of nitrogens with one attached hydrogen (secondary N) is 1. The average Bonchev–Trinajstić information content (AvgIpc) is 2.44. The van der Waals surface area contributed by atoms with Crippen molar-refractivity contribution in [3.05, 3.63) is 35.4 Å². The van der Waals surface area contributed by atoms with Crippen LogP contribution in [-0.4, -0.2) is 24.3 Å². The lowest BCUT2D eigenvalue weighted by Gasteiger charge is -2.29. The summed E-state index contributed by atoms with van der Waals surface area (Å²) < 4.78 is 4.79. The molecular weight excluding hydrogens is 270 g/mol. The maximum absolute atomic E-state index is 12.4. The number of hydrogen-bond donors (Lipinski definition) is 1. The molecule has 1 aromatic carbocycles. The number of amides is 1. The lowest BCUT2D eigenvalue weighted by atomic mass is 9.79. The predicted molar refractivity (Wildman–Crippen MR) is 78.9 cm³/mol. The Morgan fingerprint density at radius 3 is 2.71 bits per heavy atom. The summed E-state index contributed by atoms with van der Waals surface area (Å²) in [6.07, 6.45) is 2.89. The van der Waals surface area contributed by atoms with E-state index in [0.29, 0.717) is 23.4 Å². The van der Waals surface area contributed by atoms with Crippen LogP contribution in [0.1, 0.15) is 36.7 Å². The maximum atomic E-state index is 12.4. The van der Waals surface area contributed by atoms with Crippen LogP contribution in [-0.2, 0) is 14.3 Å². The van der Waals surface area contributed by atoms with E-state index in [1.807, 2.05) is 0 Å². The molecule has 1 amide bonds. The van der Waals surface area contributed by atoms with Gasteiger partial charge in [-0.15, -0.1) is 0 Å². The van der Waals surface area contributed by atoms with Crippen LogP contribution in [0.15, 0.2) is 24.3 Å². The third kappa shape index (κ3) is 2.86. The highest BCUT2D eigenvalue weighted by molar-refractivity contribution is 6.23. The van der Waals surface area contributed by atoms with E-state index < -0.39 is 11.4 Å². The molecule has 0 spiro atoms. The molecule has 110 valence electrons. The monoisotopic (exact) mass is 287 g/mol. The molecule has 5 heteroatoms. The number of carbonyl (C=O) groups excluding carboxylic acids is 3. The van der Waals surface area contributed by atoms with Crippen molar-refractivity contribution >= 4 is 29.4 Å². The highest BCUT2D eigenvalue weighted by Gasteiger charge is 2.41. The van der Waals surface area contributed by atoms with Crippen LogP contribution in [0, 0.1) is 5.41 Å². The summed E-state index contributed by atoms with van der Waals surface area (Å²) in [5.74, 6) is -0.974. The molecule has 0 saturated heterocycles. The van der Waals surface area contributed by atoms with E-state index in [2.05, 4.69) is 5.32 Å². The van der Waals surface area contributed by atoms with Crippen molar-refractivity contribution in [1.29, 1.82) is 0 Å². The van der Waals surface area contributed by atoms with E-state index in [0.717, 1.165) is 0 Å². The zero-order chi connectivity index (χ0) is 15.6. The molecule has 0 fully saturated rings. The van der Waals surface area contributed by atoms with Gasteiger partial charge in [-0.3, -0.25) is 9.59 Å². The molecule has 5 nitrogen and oxygen atoms in total. The number of hydrogen-bond acceptors (Lipinski definition) is 4. The van der Waals surface area contributed by atoms with Gasteiger partial charge >= 0.3 is 5.97 Å². The van der Waals surface area contributed by atoms with Crippen LogP contribution < -0.4 is 5.32 Å². The van der Waals surface area contributed by atoms with Gasteiger partial charge in [0.15, 0.2) is 5.78 Å². The minimum Gasteiger partial charge on any atom is -0.463 e. The molecule has 0 aromatic heterocycles. The molecule has 21 heavy (non-hydrogen) atoms. The first-order chi connectivity index (χ1) is 9.86. The summed E-state index contributed by atoms with van der Waals surface area (Å²) in [4.78, 5) is 35.5. The Labute approximate surface area is 123 Å². The smallest absolute Gasteiger partial charge is 0.330 e. The summed E-state index contributed by atoms with van der Waals surface area (Å²) in [7, 11) is 0. The predicted octanol–water partition coefficient (Wildman–Crippen LogP) is 2.42. The summed E-state index contributed by atoms with van der Waals surface area (Å²) in [6.45, 7) is 5.23. The Balaban J connectivity index is 2.32. The molecule has 0 atom stereocenters. The van der Waals surface area contributed by atoms with E-state index in [-0.39, 0.29) is 11.7 Å². The van der Waals surface area contributed by atoms with Gasteiger partial charge < -0.3 is 10.1 Å². The van der Waals surface area contributed by atoms with Crippen LogP contribution in [0.3, 0.4) is 0 Å². The van der Waals surface area contributed by atoms with Gasteiger partial charge in [0, 0.05) is 11.6 Å². The maximum Gasteiger partial charge on any atom is 0.330 e. The van der Waals surface area contributed by atoms with Gasteiger partial charge in [-0.25, -0.2) is 4.79 Å². The number of ether oxygens (including phenoxy) is 1. The second-order valence-electron chi connectivity index (χ2n) is 5.30. The first-order valence-electron chi connectivity index (χ1n) is 6.71. The fraction of sp³-hybridized carbons (Fsp3) is 0.312. The van der Waals surface area contributed by atoms with Crippen molar-refractivity contribution in [1.82, 2.24) is 0 Å². The standard InChI is InChI=1S/C16H17NO4/c1-4-21-13(18)8-6-10-5-7-12-11(9-10)14(19)16(2,3)15(20)17-12/h5-9H,4H2,1-3H3,(H,17,20). The van der Waals surface area contributed by atoms with Crippen molar-refractivity contribution in [2.75, 3.05) is 11.9 Å². The van der Waals surface area contributed by atoms with Gasteiger partial charge in [-0.1, -0.05) is 6.07 Å². The number of ketones is 1. The largest absolute Gasteiger partial charge is 0.463 e. The molecule has 1 aliphatic heterocycles. The molecule has 0 unspecified atom stereocenters. The van der Waals surface area contributed by atoms with E-state index in [9.17, 15) is 14.4 Å². The third-order valence-electron chi connectivity index (χ3n) is 3.37. The Hall–Kier alpha value is -2.43. The minimum atomic E-state index is -1.09. The Morgan fingerprint density at radius 2 is 2.05 bits per heavy atom. The fourth-order valence-corrected chi connectivity index (χ4v) is 2.04. The highest BCUT2D eigenvalue weighted by Crippen LogP contribution is 2.33. The fourth-order valence-electron chi connectivity index (χ4n) is 2.04. The lowest BCUT2D eigenvalue weighted by molar-refractivity contribution is -0.137. The number of rotatable bonds is 3. The number of benzene rings is 1. The molecule has 0 saturated carbocycles. The van der Waals surface area contributed by atoms with E-state index in [1.165, 1.54) is 6.08 Å². The molecule has 0 radical (unpaired) electrons. The van der Waals surface area contributed by atoms with Gasteiger partial charge in [-0.2, -0.15) is 0 Å². The van der Waals surface area contributed by atoms with E-state index in [4.69, 9.17) is 4.74 Å². The van der Waals surface area contributed by atoms with E-state index in [1.54, 1.807) is 45.0 Å². The molecule has 0 bridgehead atoms. The Bertz CT molecular complexity index is 644. The van der Waals surface area contributed by atoms with Gasteiger partial charge in [0.25, 0.3) is 0 Å². The number of carbonyl (C=O) groups is 3. The van der Waals surface area contributed by atoms with Crippen LogP contribution in [0.2, 0.25) is 0 Å². The zero-order valence-corrected chi connectivity index (χ0v) is 12.2. The number of anilines is 1. The molecule has 0 aliphatic carbocycles. The normalized spacial score (nSPS) is 16.5. The Morgan fingerprint density at radius 1 is 1.33 bits per heavy atom. The Kier molecular flexibility index (Phi) is 3.93. The molecule has 1 heterocycles. The van der Waals surface area contributed by atoms with Crippen molar-refractivity contribution in [3.63, 3.8) is 0 Å². The van der Waals surface area contributed by atoms with Crippen LogP contribution in [0.4, 0.5) is 5.69 Å². The third-order valence-corrected chi connectivity index (χ3v) is 3.37. The number of esters is 1. The van der Waals surface area contributed by atoms with Crippen LogP contribution in [0.25, 0.3) is 6.08 Å². The topological polar surface area (TPSA) is 72.5 Å². The van der Waals surface area contributed by atoms with Gasteiger partial charge in [-0.05, 0) is 44.5 Å². The lowest BCUT2D eigenvalue weighted by Crippen LogP contribution is -2.42. The first-order valence-corrected chi connectivity index (χ1v) is 6.71. The number of Topliss-reactive ketones (excluding diaryl/α,β-unsaturated/α-hetero) is 1. The molecule has 2 rings (SSSR count). The molecule has 1 N–H and O–H groups in total. The summed E-state index contributed by atoms with van der Waals surface area (Å²) in [6, 6.07) is 5.04. The van der Waals surface area contributed by atoms with Crippen molar-refractivity contribution in [3.8, 4) is 0 Å². The second kappa shape index (κ2) is 5.52. The molecule has 1 aliphatic rings. The van der Waals surface area contributed by atoms with Crippen molar-refractivity contribution in [2.24, 2.45) is 5.41 Å². The first kappa shape index (κ1) is 15.0. The molecular formula is C16H17NO4. The van der Waals surface area contributed by atoms with Crippen LogP contribution in [0.5, 0.6) is 0 Å². The van der Waals surface area contributed by atoms with E-state index >= 15 is 0 Å². The summed E-state index contributed by atoms with van der Waals surface area (Å²) in [5.41, 5.74) is 0.557. The van der Waals surface area contributed by atoms with Crippen LogP contribution >= 0.6 is 0 Å². The number of fused-ring (bicyclic) bond motifs is 1. The summed E-state index contributed by atoms with van der Waals surface area (Å²) in [5, 5.41) is 2.72. The van der Waals surface area contributed by atoms with Gasteiger partial charge in [0.1, 0.15) is 5.41 Å². The second-order valence-corrected chi connectivity index (χ2v) is 5.30. The summed E-state index contributed by atoms with van der Waals surface area (Å²) >= 11 is 0. The molecule has 1 aromatic rings. The van der Waals surface area contributed by atoms with Gasteiger partial charge in [0.2, 0.25) is 5.91 Å². The SMILES string of the molecule is CCOC(=O)C=Cc1ccc2c(c1)C(=O)C(C)(C)C(=O)N2. The van der Waals surface area contributed by atoms with Crippen molar-refractivity contribution in [2.45, 2.75) is 20.8 Å². The zero-order valence-electron chi connectivity index (χ0n) is 12.2. The highest BCUT2D eigenvalue weighted by atomic mass is 16.5. The van der Waals surface area contributed by atoms with Gasteiger partial charge in [0.05, 0.1) is 12.3 Å².